The first-order valence-corrected chi connectivity index (χ1v) is 6.10. The van der Waals surface area contributed by atoms with Gasteiger partial charge in [0.2, 0.25) is 0 Å². The van der Waals surface area contributed by atoms with Crippen LogP contribution in [0.25, 0.3) is 17.3 Å². The molecule has 0 fully saturated rings. The molecule has 0 radical (unpaired) electrons. The third-order valence-corrected chi connectivity index (χ3v) is 2.94. The van der Waals surface area contributed by atoms with Crippen LogP contribution in [0.3, 0.4) is 0 Å². The topological polar surface area (TPSA) is 86.9 Å². The molecule has 0 amide bonds. The van der Waals surface area contributed by atoms with Crippen molar-refractivity contribution in [1.82, 2.24) is 29.1 Å². The summed E-state index contributed by atoms with van der Waals surface area (Å²) in [6.07, 6.45) is 3.67. The highest BCUT2D eigenvalue weighted by Crippen LogP contribution is 2.17. The molecule has 0 aromatic carbocycles. The first-order chi connectivity index (χ1) is 9.19. The Kier molecular flexibility index (Phi) is 2.75. The average molecular weight is 257 g/mol. The fourth-order valence-electron chi connectivity index (χ4n) is 2.14. The molecule has 3 aromatic heterocycles. The minimum atomic E-state index is 0.580. The summed E-state index contributed by atoms with van der Waals surface area (Å²) >= 11 is 0. The second kappa shape index (κ2) is 4.43. The van der Waals surface area contributed by atoms with Gasteiger partial charge in [-0.15, -0.1) is 10.2 Å². The fourth-order valence-corrected chi connectivity index (χ4v) is 2.14. The summed E-state index contributed by atoms with van der Waals surface area (Å²) < 4.78 is 3.84. The lowest BCUT2D eigenvalue weighted by Gasteiger charge is -2.02. The Labute approximate surface area is 110 Å². The lowest BCUT2D eigenvalue weighted by Crippen LogP contribution is -2.07. The van der Waals surface area contributed by atoms with E-state index in [1.807, 2.05) is 35.1 Å². The quantitative estimate of drug-likeness (QED) is 0.741. The third kappa shape index (κ3) is 1.97. The van der Waals surface area contributed by atoms with E-state index in [4.69, 9.17) is 5.73 Å². The highest BCUT2D eigenvalue weighted by molar-refractivity contribution is 5.53. The second-order valence-electron chi connectivity index (χ2n) is 4.48. The SMILES string of the molecule is Cc1cc(C)n2c(-c3cn(CCN)cn3)nnc2n1. The van der Waals surface area contributed by atoms with Crippen molar-refractivity contribution >= 4 is 5.78 Å². The van der Waals surface area contributed by atoms with Gasteiger partial charge < -0.3 is 10.3 Å². The van der Waals surface area contributed by atoms with Crippen LogP contribution in [0.4, 0.5) is 0 Å². The van der Waals surface area contributed by atoms with Gasteiger partial charge in [-0.2, -0.15) is 0 Å². The van der Waals surface area contributed by atoms with Crippen molar-refractivity contribution in [1.29, 1.82) is 0 Å². The summed E-state index contributed by atoms with van der Waals surface area (Å²) in [5.41, 5.74) is 8.27. The third-order valence-electron chi connectivity index (χ3n) is 2.94. The van der Waals surface area contributed by atoms with Crippen molar-refractivity contribution in [3.05, 3.63) is 30.0 Å². The Morgan fingerprint density at radius 1 is 1.26 bits per heavy atom. The van der Waals surface area contributed by atoms with Gasteiger partial charge in [0.15, 0.2) is 5.82 Å². The van der Waals surface area contributed by atoms with Crippen LogP contribution in [0.2, 0.25) is 0 Å². The van der Waals surface area contributed by atoms with E-state index in [-0.39, 0.29) is 0 Å². The van der Waals surface area contributed by atoms with Crippen LogP contribution in [0.15, 0.2) is 18.6 Å². The van der Waals surface area contributed by atoms with Gasteiger partial charge >= 0.3 is 0 Å². The van der Waals surface area contributed by atoms with E-state index < -0.39 is 0 Å². The summed E-state index contributed by atoms with van der Waals surface area (Å²) in [7, 11) is 0. The van der Waals surface area contributed by atoms with Gasteiger partial charge in [-0.3, -0.25) is 4.40 Å². The molecule has 7 heteroatoms. The molecule has 0 atom stereocenters. The maximum Gasteiger partial charge on any atom is 0.255 e. The number of nitrogens with zero attached hydrogens (tertiary/aromatic N) is 6. The zero-order valence-electron chi connectivity index (χ0n) is 10.9. The number of fused-ring (bicyclic) bond motifs is 1. The number of nitrogens with two attached hydrogens (primary N) is 1. The van der Waals surface area contributed by atoms with Crippen LogP contribution < -0.4 is 5.73 Å². The van der Waals surface area contributed by atoms with E-state index in [0.29, 0.717) is 18.1 Å². The summed E-state index contributed by atoms with van der Waals surface area (Å²) in [5, 5.41) is 8.28. The molecule has 0 unspecified atom stereocenters. The van der Waals surface area contributed by atoms with E-state index >= 15 is 0 Å². The molecular weight excluding hydrogens is 242 g/mol. The molecule has 0 aliphatic rings. The highest BCUT2D eigenvalue weighted by atomic mass is 15.3. The van der Waals surface area contributed by atoms with Gasteiger partial charge in [-0.1, -0.05) is 0 Å². The van der Waals surface area contributed by atoms with Crippen molar-refractivity contribution in [3.8, 4) is 11.5 Å². The van der Waals surface area contributed by atoms with Crippen molar-refractivity contribution < 1.29 is 0 Å². The van der Waals surface area contributed by atoms with Gasteiger partial charge in [0, 0.05) is 30.7 Å². The number of hydrogen-bond acceptors (Lipinski definition) is 5. The summed E-state index contributed by atoms with van der Waals surface area (Å²) in [4.78, 5) is 8.71. The van der Waals surface area contributed by atoms with Crippen LogP contribution in [-0.2, 0) is 6.54 Å². The number of hydrogen-bond donors (Lipinski definition) is 1. The Balaban J connectivity index is 2.14. The molecule has 0 bridgehead atoms. The lowest BCUT2D eigenvalue weighted by molar-refractivity contribution is 0.708. The molecule has 3 heterocycles. The minimum absolute atomic E-state index is 0.580. The first kappa shape index (κ1) is 11.8. The molecular formula is C12H15N7. The van der Waals surface area contributed by atoms with Crippen LogP contribution >= 0.6 is 0 Å². The molecule has 0 aliphatic heterocycles. The van der Waals surface area contributed by atoms with Crippen LogP contribution in [0.1, 0.15) is 11.4 Å². The van der Waals surface area contributed by atoms with Gasteiger partial charge in [0.05, 0.1) is 6.33 Å². The summed E-state index contributed by atoms with van der Waals surface area (Å²) in [6.45, 7) is 5.26. The van der Waals surface area contributed by atoms with Crippen LogP contribution in [0.5, 0.6) is 0 Å². The maximum absolute atomic E-state index is 5.53. The first-order valence-electron chi connectivity index (χ1n) is 6.10. The molecule has 98 valence electrons. The van der Waals surface area contributed by atoms with Gasteiger partial charge in [0.25, 0.3) is 5.78 Å². The van der Waals surface area contributed by atoms with E-state index in [0.717, 1.165) is 23.6 Å². The maximum atomic E-state index is 5.53. The zero-order valence-corrected chi connectivity index (χ0v) is 10.9. The molecule has 19 heavy (non-hydrogen) atoms. The molecule has 0 spiro atoms. The lowest BCUT2D eigenvalue weighted by atomic mass is 10.3. The number of rotatable bonds is 3. The van der Waals surface area contributed by atoms with Crippen molar-refractivity contribution in [2.45, 2.75) is 20.4 Å². The average Bonchev–Trinajstić information content (AvgIpc) is 2.95. The molecule has 3 rings (SSSR count). The molecule has 7 nitrogen and oxygen atoms in total. The van der Waals surface area contributed by atoms with Gasteiger partial charge in [-0.25, -0.2) is 9.97 Å². The molecule has 0 saturated heterocycles. The Morgan fingerprint density at radius 3 is 2.89 bits per heavy atom. The minimum Gasteiger partial charge on any atom is -0.335 e. The van der Waals surface area contributed by atoms with Gasteiger partial charge in [-0.05, 0) is 19.9 Å². The largest absolute Gasteiger partial charge is 0.335 e. The van der Waals surface area contributed by atoms with E-state index in [9.17, 15) is 0 Å². The molecule has 0 aliphatic carbocycles. The van der Waals surface area contributed by atoms with E-state index in [2.05, 4.69) is 20.2 Å². The van der Waals surface area contributed by atoms with Gasteiger partial charge in [0.1, 0.15) is 5.69 Å². The Morgan fingerprint density at radius 2 is 2.11 bits per heavy atom. The van der Waals surface area contributed by atoms with Crippen LogP contribution in [-0.4, -0.2) is 35.7 Å². The predicted octanol–water partition coefficient (Wildman–Crippen LogP) is 0.563. The normalized spacial score (nSPS) is 11.3. The standard InChI is InChI=1S/C12H15N7/c1-8-5-9(2)19-11(16-17-12(19)15-8)10-6-18(4-3-13)7-14-10/h5-7H,3-4,13H2,1-2H3. The van der Waals surface area contributed by atoms with E-state index in [1.54, 1.807) is 6.33 Å². The monoisotopic (exact) mass is 257 g/mol. The Bertz CT molecular complexity index is 725. The van der Waals surface area contributed by atoms with Crippen molar-refractivity contribution in [2.24, 2.45) is 5.73 Å². The Hall–Kier alpha value is -2.28. The predicted molar refractivity (Wildman–Crippen MR) is 70.5 cm³/mol. The van der Waals surface area contributed by atoms with Crippen LogP contribution in [0, 0.1) is 13.8 Å². The molecule has 2 N–H and O–H groups in total. The van der Waals surface area contributed by atoms with E-state index in [1.165, 1.54) is 0 Å². The number of imidazole rings is 1. The fraction of sp³-hybridized carbons (Fsp3) is 0.333. The molecule has 3 aromatic rings. The van der Waals surface area contributed by atoms with Crippen molar-refractivity contribution in [2.75, 3.05) is 6.54 Å². The highest BCUT2D eigenvalue weighted by Gasteiger charge is 2.13. The number of aryl methyl sites for hydroxylation is 2. The second-order valence-corrected chi connectivity index (χ2v) is 4.48. The zero-order chi connectivity index (χ0) is 13.4. The summed E-state index contributed by atoms with van der Waals surface area (Å²) in [6, 6.07) is 2.00. The summed E-state index contributed by atoms with van der Waals surface area (Å²) in [5.74, 6) is 1.30. The smallest absolute Gasteiger partial charge is 0.255 e. The van der Waals surface area contributed by atoms with Crippen molar-refractivity contribution in [3.63, 3.8) is 0 Å². The molecule has 0 saturated carbocycles. The number of aromatic nitrogens is 6.